The number of nitro groups is 2. The van der Waals surface area contributed by atoms with Gasteiger partial charge in [-0.05, 0) is 75.5 Å². The average molecular weight is 1110 g/mol. The molecule has 5 aromatic rings. The fourth-order valence-corrected chi connectivity index (χ4v) is 11.6. The number of nitro benzene ring substituents is 2. The number of non-ortho nitro benzene ring substituents is 2. The molecule has 0 aromatic heterocycles. The summed E-state index contributed by atoms with van der Waals surface area (Å²) in [4.78, 5) is 88.3. The lowest BCUT2D eigenvalue weighted by Gasteiger charge is -2.16. The number of phosphoric ester groups is 2. The lowest BCUT2D eigenvalue weighted by molar-refractivity contribution is -0.383. The summed E-state index contributed by atoms with van der Waals surface area (Å²) in [5, 5.41) is 25.2. The number of phosphoric acid groups is 2. The fraction of sp³-hybridized carbons (Fsp3) is 0.238. The van der Waals surface area contributed by atoms with E-state index in [1.807, 2.05) is 0 Å². The van der Waals surface area contributed by atoms with Gasteiger partial charge in [-0.2, -0.15) is 0 Å². The van der Waals surface area contributed by atoms with Crippen LogP contribution < -0.4 is 19.2 Å². The third kappa shape index (κ3) is 12.1. The zero-order valence-electron chi connectivity index (χ0n) is 36.8. The van der Waals surface area contributed by atoms with Gasteiger partial charge in [0.15, 0.2) is 0 Å². The summed E-state index contributed by atoms with van der Waals surface area (Å²) in [6.07, 6.45) is 5.46. The van der Waals surface area contributed by atoms with Crippen LogP contribution in [0.2, 0.25) is 0 Å². The van der Waals surface area contributed by atoms with Gasteiger partial charge in [0.05, 0.1) is 55.0 Å². The molecule has 2 aliphatic heterocycles. The molecule has 0 saturated heterocycles. The van der Waals surface area contributed by atoms with Crippen LogP contribution in [0.5, 0.6) is 0 Å². The zero-order valence-corrected chi connectivity index (χ0v) is 41.7. The maximum Gasteiger partial charge on any atom is 0.469 e. The molecule has 30 heteroatoms. The summed E-state index contributed by atoms with van der Waals surface area (Å²) in [6.45, 7) is -2.31. The number of anilines is 2. The summed E-state index contributed by atoms with van der Waals surface area (Å²) in [5.41, 5.74) is 1.30. The minimum Gasteiger partial charge on any atom is -0.308 e. The summed E-state index contributed by atoms with van der Waals surface area (Å²) in [5.74, 6) is -2.21. The van der Waals surface area contributed by atoms with Crippen molar-refractivity contribution in [3.63, 3.8) is 0 Å². The molecule has 0 spiro atoms. The highest BCUT2D eigenvalue weighted by Gasteiger charge is 2.38. The van der Waals surface area contributed by atoms with E-state index < -0.39 is 107 Å². The Bertz CT molecular complexity index is 3220. The summed E-state index contributed by atoms with van der Waals surface area (Å²) in [6, 6.07) is 16.2. The van der Waals surface area contributed by atoms with E-state index in [1.165, 1.54) is 58.4 Å². The molecule has 24 nitrogen and oxygen atoms in total. The molecule has 382 valence electrons. The number of amides is 2. The zero-order chi connectivity index (χ0) is 52.5. The van der Waals surface area contributed by atoms with Crippen molar-refractivity contribution in [3.8, 4) is 0 Å². The first-order valence-electron chi connectivity index (χ1n) is 20.9. The average Bonchev–Trinajstić information content (AvgIpc) is 3.90. The predicted octanol–water partition coefficient (Wildman–Crippen LogP) is 5.35. The fourth-order valence-electron chi connectivity index (χ4n) is 8.35. The summed E-state index contributed by atoms with van der Waals surface area (Å²) in [7, 11) is -18.4. The summed E-state index contributed by atoms with van der Waals surface area (Å²) >= 11 is 12.7. The van der Waals surface area contributed by atoms with Gasteiger partial charge < -0.3 is 29.4 Å². The minimum atomic E-state index is -4.86. The molecule has 2 amide bonds. The van der Waals surface area contributed by atoms with E-state index in [-0.39, 0.29) is 67.6 Å². The molecule has 5 aromatic carbocycles. The Morgan fingerprint density at radius 1 is 0.653 bits per heavy atom. The van der Waals surface area contributed by atoms with Crippen molar-refractivity contribution in [3.05, 3.63) is 127 Å². The van der Waals surface area contributed by atoms with Gasteiger partial charge >= 0.3 is 15.6 Å². The molecule has 0 saturated carbocycles. The van der Waals surface area contributed by atoms with Crippen LogP contribution in [-0.4, -0.2) is 109 Å². The van der Waals surface area contributed by atoms with E-state index >= 15 is 0 Å². The molecule has 2 aliphatic rings. The van der Waals surface area contributed by atoms with Gasteiger partial charge in [0.2, 0.25) is 20.0 Å². The van der Waals surface area contributed by atoms with E-state index in [4.69, 9.17) is 42.8 Å². The molecule has 0 radical (unpaired) electrons. The normalized spacial score (nSPS) is 16.3. The van der Waals surface area contributed by atoms with Gasteiger partial charge in [0.1, 0.15) is 0 Å². The van der Waals surface area contributed by atoms with Gasteiger partial charge in [0.25, 0.3) is 23.2 Å². The number of alkyl halides is 2. The van der Waals surface area contributed by atoms with E-state index in [9.17, 15) is 55.8 Å². The van der Waals surface area contributed by atoms with Crippen LogP contribution in [0, 0.1) is 20.2 Å². The Morgan fingerprint density at radius 2 is 1.04 bits per heavy atom. The van der Waals surface area contributed by atoms with Crippen LogP contribution >= 0.6 is 38.8 Å². The largest absolute Gasteiger partial charge is 0.469 e. The molecule has 0 fully saturated rings. The van der Waals surface area contributed by atoms with Crippen molar-refractivity contribution in [2.45, 2.75) is 21.6 Å². The second kappa shape index (κ2) is 21.5. The number of hydrogen-bond acceptors (Lipinski definition) is 14. The highest BCUT2D eigenvalue weighted by molar-refractivity contribution is 7.89. The molecular formula is C42H40Cl2N6O18P2S2. The number of hydrogen-bond donors (Lipinski definition) is 6. The lowest BCUT2D eigenvalue weighted by atomic mass is 9.95. The lowest BCUT2D eigenvalue weighted by Crippen LogP contribution is -2.28. The van der Waals surface area contributed by atoms with E-state index in [0.717, 1.165) is 24.3 Å². The number of nitrogens with one attached hydrogen (secondary N) is 2. The molecule has 2 atom stereocenters. The third-order valence-electron chi connectivity index (χ3n) is 11.4. The van der Waals surface area contributed by atoms with Gasteiger partial charge in [-0.1, -0.05) is 30.3 Å². The first-order chi connectivity index (χ1) is 33.8. The second-order valence-electron chi connectivity index (χ2n) is 16.0. The van der Waals surface area contributed by atoms with Gasteiger partial charge in [0, 0.05) is 74.1 Å². The quantitative estimate of drug-likeness (QED) is 0.0143. The number of benzene rings is 5. The molecule has 7 rings (SSSR count). The van der Waals surface area contributed by atoms with Crippen LogP contribution in [-0.2, 0) is 47.8 Å². The summed E-state index contributed by atoms with van der Waals surface area (Å²) < 4.78 is 86.7. The van der Waals surface area contributed by atoms with Gasteiger partial charge in [-0.25, -0.2) is 35.4 Å². The Labute approximate surface area is 418 Å². The number of carbonyl (C=O) groups excluding carboxylic acids is 2. The van der Waals surface area contributed by atoms with Crippen LogP contribution in [0.3, 0.4) is 0 Å². The van der Waals surface area contributed by atoms with Gasteiger partial charge in [-0.15, -0.1) is 23.2 Å². The third-order valence-corrected chi connectivity index (χ3v) is 16.1. The van der Waals surface area contributed by atoms with Crippen molar-refractivity contribution in [1.82, 2.24) is 9.44 Å². The number of fused-ring (bicyclic) bond motifs is 6. The van der Waals surface area contributed by atoms with Crippen LogP contribution in [0.15, 0.2) is 94.7 Å². The molecule has 0 bridgehead atoms. The highest BCUT2D eigenvalue weighted by atomic mass is 35.5. The maximum atomic E-state index is 13.8. The predicted molar refractivity (Wildman–Crippen MR) is 264 cm³/mol. The highest BCUT2D eigenvalue weighted by Crippen LogP contribution is 2.48. The number of halogens is 2. The van der Waals surface area contributed by atoms with Crippen molar-refractivity contribution in [2.75, 3.05) is 61.0 Å². The molecular weight excluding hydrogens is 1070 g/mol. The first kappa shape index (κ1) is 54.2. The topological polar surface area (TPSA) is 353 Å². The Kier molecular flexibility index (Phi) is 16.2. The molecule has 72 heavy (non-hydrogen) atoms. The monoisotopic (exact) mass is 1110 g/mol. The van der Waals surface area contributed by atoms with Crippen molar-refractivity contribution < 1.29 is 74.0 Å². The second-order valence-corrected chi connectivity index (χ2v) is 22.6. The maximum absolute atomic E-state index is 13.8. The van der Waals surface area contributed by atoms with E-state index in [1.54, 1.807) is 24.3 Å². The smallest absolute Gasteiger partial charge is 0.308 e. The Morgan fingerprint density at radius 3 is 1.39 bits per heavy atom. The van der Waals surface area contributed by atoms with Crippen molar-refractivity contribution in [1.29, 1.82) is 0 Å². The van der Waals surface area contributed by atoms with Crippen LogP contribution in [0.1, 0.15) is 34.1 Å². The van der Waals surface area contributed by atoms with Gasteiger partial charge in [-0.3, -0.25) is 38.9 Å². The Hall–Kier alpha value is -5.54. The molecule has 6 N–H and O–H groups in total. The molecule has 0 aliphatic carbocycles. The van der Waals surface area contributed by atoms with E-state index in [0.29, 0.717) is 22.3 Å². The van der Waals surface area contributed by atoms with Crippen LogP contribution in [0.4, 0.5) is 22.7 Å². The van der Waals surface area contributed by atoms with Crippen molar-refractivity contribution >= 4 is 127 Å². The number of rotatable bonds is 20. The van der Waals surface area contributed by atoms with Crippen molar-refractivity contribution in [2.24, 2.45) is 0 Å². The molecule has 2 unspecified atom stereocenters. The Balaban J connectivity index is 1.10. The standard InChI is InChI=1S/C42H40Cl2N6O18P2S2/c43-21-27-23-47(37-19-35(49(53)54)33-17-29(6-8-31(33)41(27)37)71(63,64)45-12-14-67-69(57,58)59)39(51)10-4-25-2-1-3-26(16-25)5-11-40(52)48-24-28(22-44)42-32-9-7-30(18-34(32)36(50(55)56)20-38(42)48)72(65,66)46-13-15-68-70(60,61)62/h1-11,16-20,27-28,45-46H,12-15,21-24H2,(H2,57,58,59)(H2,60,61,62). The first-order valence-corrected chi connectivity index (χ1v) is 28.0. The minimum absolute atomic E-state index is 0.0122. The SMILES string of the molecule is O=C(C=Cc1cccc(C=CC(=O)N2CC(CCl)c3c2cc([N+](=O)[O-])c2cc(S(=O)(=O)NCCOP(=O)(O)O)ccc32)c1)N1CC(CCl)c2c1cc([N+](=O)[O-])c1cc(S(=O)(=O)NCCOP(=O)(O)O)ccc21. The number of sulfonamides is 2. The van der Waals surface area contributed by atoms with E-state index in [2.05, 4.69) is 18.5 Å². The number of carbonyl (C=O) groups is 2. The van der Waals surface area contributed by atoms with Crippen LogP contribution in [0.25, 0.3) is 33.7 Å². The molecule has 2 heterocycles. The number of nitrogens with zero attached hydrogens (tertiary/aromatic N) is 4.